The average Bonchev–Trinajstić information content (AvgIpc) is 3.32. The first-order valence-corrected chi connectivity index (χ1v) is 9.87. The van der Waals surface area contributed by atoms with Gasteiger partial charge in [-0.2, -0.15) is 0 Å². The van der Waals surface area contributed by atoms with Gasteiger partial charge in [0.05, 0.1) is 12.4 Å². The van der Waals surface area contributed by atoms with E-state index < -0.39 is 9.84 Å². The van der Waals surface area contributed by atoms with Crippen molar-refractivity contribution >= 4 is 39.8 Å². The van der Waals surface area contributed by atoms with Crippen LogP contribution in [0.3, 0.4) is 0 Å². The van der Waals surface area contributed by atoms with Gasteiger partial charge in [0, 0.05) is 32.0 Å². The van der Waals surface area contributed by atoms with E-state index in [0.717, 1.165) is 17.9 Å². The third-order valence-electron chi connectivity index (χ3n) is 3.58. The molecule has 0 atom stereocenters. The monoisotopic (exact) mass is 467 g/mol. The predicted molar refractivity (Wildman–Crippen MR) is 108 cm³/mol. The highest BCUT2D eigenvalue weighted by Crippen LogP contribution is 2.30. The lowest BCUT2D eigenvalue weighted by Crippen LogP contribution is -2.39. The number of rotatable bonds is 8. The summed E-state index contributed by atoms with van der Waals surface area (Å²) in [4.78, 5) is 4.10. The molecule has 1 aromatic rings. The van der Waals surface area contributed by atoms with E-state index in [1.807, 2.05) is 24.3 Å². The molecule has 0 spiro atoms. The van der Waals surface area contributed by atoms with Gasteiger partial charge in [0.2, 0.25) is 0 Å². The van der Waals surface area contributed by atoms with Crippen LogP contribution in [0.25, 0.3) is 0 Å². The Labute approximate surface area is 161 Å². The largest absolute Gasteiger partial charge is 0.493 e. The first kappa shape index (κ1) is 21.0. The van der Waals surface area contributed by atoms with Crippen molar-refractivity contribution in [2.24, 2.45) is 10.9 Å². The quantitative estimate of drug-likeness (QED) is 0.347. The lowest BCUT2D eigenvalue weighted by Gasteiger charge is -2.14. The third-order valence-corrected chi connectivity index (χ3v) is 4.52. The molecule has 1 aromatic carbocycles. The van der Waals surface area contributed by atoms with E-state index >= 15 is 0 Å². The second-order valence-electron chi connectivity index (χ2n) is 5.84. The van der Waals surface area contributed by atoms with E-state index in [0.29, 0.717) is 25.0 Å². The van der Waals surface area contributed by atoms with Gasteiger partial charge in [0.15, 0.2) is 5.96 Å². The number of hydrogen-bond donors (Lipinski definition) is 2. The molecule has 2 N–H and O–H groups in total. The van der Waals surface area contributed by atoms with Gasteiger partial charge in [-0.3, -0.25) is 4.99 Å². The van der Waals surface area contributed by atoms with Crippen molar-refractivity contribution in [2.45, 2.75) is 19.4 Å². The number of hydrogen-bond acceptors (Lipinski definition) is 4. The number of nitrogens with one attached hydrogen (secondary N) is 2. The van der Waals surface area contributed by atoms with Crippen LogP contribution in [0.5, 0.6) is 5.75 Å². The van der Waals surface area contributed by atoms with Gasteiger partial charge < -0.3 is 15.4 Å². The van der Waals surface area contributed by atoms with Crippen LogP contribution in [-0.4, -0.2) is 46.6 Å². The van der Waals surface area contributed by atoms with Crippen LogP contribution < -0.4 is 15.4 Å². The fourth-order valence-corrected chi connectivity index (χ4v) is 2.51. The molecule has 1 fully saturated rings. The predicted octanol–water partition coefficient (Wildman–Crippen LogP) is 1.80. The van der Waals surface area contributed by atoms with Crippen LogP contribution in [0.4, 0.5) is 0 Å². The molecule has 1 saturated carbocycles. The number of nitrogens with zero attached hydrogens (tertiary/aromatic N) is 1. The summed E-state index contributed by atoms with van der Waals surface area (Å²) in [6.07, 6.45) is 3.74. The van der Waals surface area contributed by atoms with Gasteiger partial charge in [-0.25, -0.2) is 8.42 Å². The zero-order chi connectivity index (χ0) is 16.7. The molecule has 0 unspecified atom stereocenters. The number of halogens is 1. The van der Waals surface area contributed by atoms with E-state index in [1.165, 1.54) is 19.1 Å². The molecular weight excluding hydrogens is 441 g/mol. The number of ether oxygens (including phenoxy) is 1. The molecule has 8 heteroatoms. The van der Waals surface area contributed by atoms with Gasteiger partial charge in [0.25, 0.3) is 0 Å². The Bertz CT molecular complexity index is 646. The zero-order valence-electron chi connectivity index (χ0n) is 14.1. The van der Waals surface area contributed by atoms with E-state index in [9.17, 15) is 8.42 Å². The third kappa shape index (κ3) is 8.18. The number of benzene rings is 1. The minimum absolute atomic E-state index is 0. The van der Waals surface area contributed by atoms with Crippen molar-refractivity contribution in [3.63, 3.8) is 0 Å². The lowest BCUT2D eigenvalue weighted by atomic mass is 10.2. The van der Waals surface area contributed by atoms with Gasteiger partial charge in [0.1, 0.15) is 15.6 Å². The van der Waals surface area contributed by atoms with Crippen LogP contribution >= 0.6 is 24.0 Å². The molecule has 0 radical (unpaired) electrons. The Kier molecular flexibility index (Phi) is 8.82. The number of aliphatic imine (C=N–C) groups is 1. The fourth-order valence-electron chi connectivity index (χ4n) is 2.04. The van der Waals surface area contributed by atoms with Crippen LogP contribution in [0.15, 0.2) is 29.3 Å². The second kappa shape index (κ2) is 10.1. The topological polar surface area (TPSA) is 79.8 Å². The maximum absolute atomic E-state index is 11.1. The normalized spacial score (nSPS) is 14.7. The number of sulfone groups is 1. The lowest BCUT2D eigenvalue weighted by molar-refractivity contribution is 0.296. The summed E-state index contributed by atoms with van der Waals surface area (Å²) in [6.45, 7) is 1.68. The SMILES string of the molecule is CN=C(NCCS(C)(=O)=O)NCc1ccccc1OCC1CC1.I. The Morgan fingerprint density at radius 2 is 2.00 bits per heavy atom. The van der Waals surface area contributed by atoms with Crippen LogP contribution in [0.2, 0.25) is 0 Å². The Morgan fingerprint density at radius 1 is 1.29 bits per heavy atom. The van der Waals surface area contributed by atoms with E-state index in [1.54, 1.807) is 7.05 Å². The molecule has 1 aliphatic carbocycles. The minimum Gasteiger partial charge on any atom is -0.493 e. The molecule has 0 aliphatic heterocycles. The standard InChI is InChI=1S/C16H25N3O3S.HI/c1-17-16(18-9-10-23(2,20)21)19-11-14-5-3-4-6-15(14)22-12-13-7-8-13;/h3-6,13H,7-12H2,1-2H3,(H2,17,18,19);1H. The molecule has 2 rings (SSSR count). The summed E-state index contributed by atoms with van der Waals surface area (Å²) in [5, 5.41) is 6.17. The molecule has 0 saturated heterocycles. The average molecular weight is 467 g/mol. The van der Waals surface area contributed by atoms with Gasteiger partial charge in [-0.15, -0.1) is 24.0 Å². The van der Waals surface area contributed by atoms with Crippen molar-refractivity contribution < 1.29 is 13.2 Å². The summed E-state index contributed by atoms with van der Waals surface area (Å²) in [5.74, 6) is 2.25. The van der Waals surface area contributed by atoms with Crippen LogP contribution in [0, 0.1) is 5.92 Å². The molecule has 6 nitrogen and oxygen atoms in total. The van der Waals surface area contributed by atoms with Gasteiger partial charge in [-0.05, 0) is 24.8 Å². The zero-order valence-corrected chi connectivity index (χ0v) is 17.3. The number of para-hydroxylation sites is 1. The molecule has 0 aromatic heterocycles. The Balaban J connectivity index is 0.00000288. The van der Waals surface area contributed by atoms with E-state index in [4.69, 9.17) is 4.74 Å². The van der Waals surface area contributed by atoms with Gasteiger partial charge >= 0.3 is 0 Å². The molecule has 0 amide bonds. The first-order valence-electron chi connectivity index (χ1n) is 7.81. The Morgan fingerprint density at radius 3 is 2.62 bits per heavy atom. The van der Waals surface area contributed by atoms with E-state index in [-0.39, 0.29) is 29.7 Å². The second-order valence-corrected chi connectivity index (χ2v) is 8.10. The van der Waals surface area contributed by atoms with Crippen LogP contribution in [0.1, 0.15) is 18.4 Å². The molecule has 24 heavy (non-hydrogen) atoms. The van der Waals surface area contributed by atoms with E-state index in [2.05, 4.69) is 15.6 Å². The molecule has 136 valence electrons. The highest BCUT2D eigenvalue weighted by Gasteiger charge is 2.22. The van der Waals surface area contributed by atoms with Crippen LogP contribution in [-0.2, 0) is 16.4 Å². The first-order chi connectivity index (χ1) is 11.0. The van der Waals surface area contributed by atoms with Crippen molar-refractivity contribution in [1.29, 1.82) is 0 Å². The summed E-state index contributed by atoms with van der Waals surface area (Å²) in [6, 6.07) is 7.92. The molecule has 0 bridgehead atoms. The molecular formula is C16H26IN3O3S. The Hall–Kier alpha value is -1.03. The highest BCUT2D eigenvalue weighted by atomic mass is 127. The maximum atomic E-state index is 11.1. The highest BCUT2D eigenvalue weighted by molar-refractivity contribution is 14.0. The minimum atomic E-state index is -2.98. The smallest absolute Gasteiger partial charge is 0.191 e. The molecule has 1 aliphatic rings. The van der Waals surface area contributed by atoms with Crippen molar-refractivity contribution in [3.8, 4) is 5.75 Å². The summed E-state index contributed by atoms with van der Waals surface area (Å²) >= 11 is 0. The van der Waals surface area contributed by atoms with Gasteiger partial charge in [-0.1, -0.05) is 18.2 Å². The number of guanidine groups is 1. The summed E-state index contributed by atoms with van der Waals surface area (Å²) < 4.78 is 28.2. The van der Waals surface area contributed by atoms with Crippen molar-refractivity contribution in [1.82, 2.24) is 10.6 Å². The van der Waals surface area contributed by atoms with Crippen molar-refractivity contribution in [3.05, 3.63) is 29.8 Å². The summed E-state index contributed by atoms with van der Waals surface area (Å²) in [7, 11) is -1.32. The fraction of sp³-hybridized carbons (Fsp3) is 0.562. The molecule has 0 heterocycles. The maximum Gasteiger partial charge on any atom is 0.191 e. The van der Waals surface area contributed by atoms with Crippen molar-refractivity contribution in [2.75, 3.05) is 32.2 Å². The summed E-state index contributed by atoms with van der Waals surface area (Å²) in [5.41, 5.74) is 1.05.